The number of halogens is 1. The van der Waals surface area contributed by atoms with Crippen molar-refractivity contribution < 1.29 is 14.6 Å². The lowest BCUT2D eigenvalue weighted by Crippen LogP contribution is -2.32. The first-order chi connectivity index (χ1) is 9.84. The van der Waals surface area contributed by atoms with E-state index in [0.717, 1.165) is 10.9 Å². The summed E-state index contributed by atoms with van der Waals surface area (Å²) in [6, 6.07) is 5.47. The molecule has 0 spiro atoms. The van der Waals surface area contributed by atoms with Gasteiger partial charge in [-0.2, -0.15) is 0 Å². The minimum absolute atomic E-state index is 0.00661. The molecule has 1 amide bonds. The van der Waals surface area contributed by atoms with Crippen LogP contribution in [0.1, 0.15) is 37.6 Å². The molecule has 2 rings (SSSR count). The lowest BCUT2D eigenvalue weighted by atomic mass is 9.91. The van der Waals surface area contributed by atoms with Gasteiger partial charge in [-0.05, 0) is 38.5 Å². The van der Waals surface area contributed by atoms with Crippen LogP contribution in [-0.4, -0.2) is 41.7 Å². The van der Waals surface area contributed by atoms with Crippen molar-refractivity contribution in [1.29, 1.82) is 0 Å². The van der Waals surface area contributed by atoms with E-state index < -0.39 is 0 Å². The Kier molecular flexibility index (Phi) is 4.94. The van der Waals surface area contributed by atoms with E-state index in [1.807, 2.05) is 32.9 Å². The molecule has 1 saturated heterocycles. The Morgan fingerprint density at radius 3 is 2.81 bits per heavy atom. The number of carbonyl (C=O) groups is 1. The summed E-state index contributed by atoms with van der Waals surface area (Å²) >= 11 is 3.41. The van der Waals surface area contributed by atoms with Crippen LogP contribution < -0.4 is 4.74 Å². The summed E-state index contributed by atoms with van der Waals surface area (Å²) in [4.78, 5) is 14.5. The highest BCUT2D eigenvalue weighted by Gasteiger charge is 2.36. The summed E-state index contributed by atoms with van der Waals surface area (Å²) in [6.07, 6.45) is 0.832. The molecule has 0 radical (unpaired) electrons. The number of hydrogen-bond donors (Lipinski definition) is 1. The van der Waals surface area contributed by atoms with Gasteiger partial charge >= 0.3 is 0 Å². The number of nitrogens with zero attached hydrogens (tertiary/aromatic N) is 1. The van der Waals surface area contributed by atoms with E-state index in [1.165, 1.54) is 0 Å². The first-order valence-corrected chi connectivity index (χ1v) is 8.00. The second-order valence-corrected chi connectivity index (χ2v) is 7.17. The second-order valence-electron chi connectivity index (χ2n) is 6.25. The van der Waals surface area contributed by atoms with Crippen LogP contribution in [0.5, 0.6) is 5.75 Å². The van der Waals surface area contributed by atoms with Gasteiger partial charge in [0, 0.05) is 23.0 Å². The maximum Gasteiger partial charge on any atom is 0.257 e. The average molecular weight is 356 g/mol. The maximum atomic E-state index is 12.7. The van der Waals surface area contributed by atoms with Crippen molar-refractivity contribution in [1.82, 2.24) is 4.90 Å². The number of rotatable bonds is 4. The quantitative estimate of drug-likeness (QED) is 0.902. The SMILES string of the molecule is CC(C)Oc1cc(Br)ccc1C(=O)N1CCC(C)(CO)C1. The van der Waals surface area contributed by atoms with E-state index in [0.29, 0.717) is 24.4 Å². The number of aliphatic hydroxyl groups is 1. The van der Waals surface area contributed by atoms with Crippen molar-refractivity contribution in [3.05, 3.63) is 28.2 Å². The lowest BCUT2D eigenvalue weighted by Gasteiger charge is -2.23. The maximum absolute atomic E-state index is 12.7. The molecule has 0 bridgehead atoms. The van der Waals surface area contributed by atoms with E-state index in [4.69, 9.17) is 4.74 Å². The van der Waals surface area contributed by atoms with Crippen molar-refractivity contribution >= 4 is 21.8 Å². The zero-order valence-electron chi connectivity index (χ0n) is 12.7. The predicted octanol–water partition coefficient (Wildman–Crippen LogP) is 3.08. The zero-order chi connectivity index (χ0) is 15.6. The van der Waals surface area contributed by atoms with Crippen molar-refractivity contribution in [3.8, 4) is 5.75 Å². The lowest BCUT2D eigenvalue weighted by molar-refractivity contribution is 0.0747. The molecule has 4 nitrogen and oxygen atoms in total. The highest BCUT2D eigenvalue weighted by Crippen LogP contribution is 2.32. The van der Waals surface area contributed by atoms with Crippen molar-refractivity contribution in [2.75, 3.05) is 19.7 Å². The number of benzene rings is 1. The Balaban J connectivity index is 2.23. The van der Waals surface area contributed by atoms with Gasteiger partial charge in [-0.1, -0.05) is 22.9 Å². The Labute approximate surface area is 134 Å². The van der Waals surface area contributed by atoms with E-state index in [-0.39, 0.29) is 24.0 Å². The van der Waals surface area contributed by atoms with E-state index in [2.05, 4.69) is 15.9 Å². The summed E-state index contributed by atoms with van der Waals surface area (Å²) in [7, 11) is 0. The van der Waals surface area contributed by atoms with Crippen molar-refractivity contribution in [2.45, 2.75) is 33.3 Å². The molecule has 1 aromatic carbocycles. The largest absolute Gasteiger partial charge is 0.490 e. The zero-order valence-corrected chi connectivity index (χ0v) is 14.3. The normalized spacial score (nSPS) is 21.9. The molecule has 1 unspecified atom stereocenters. The fourth-order valence-corrected chi connectivity index (χ4v) is 2.86. The molecular formula is C16H22BrNO3. The molecule has 21 heavy (non-hydrogen) atoms. The van der Waals surface area contributed by atoms with Crippen LogP contribution in [0.4, 0.5) is 0 Å². The molecule has 1 aliphatic rings. The number of aliphatic hydroxyl groups excluding tert-OH is 1. The molecule has 1 aromatic rings. The van der Waals surface area contributed by atoms with E-state index >= 15 is 0 Å². The molecule has 1 fully saturated rings. The Morgan fingerprint density at radius 1 is 1.52 bits per heavy atom. The molecule has 1 N–H and O–H groups in total. The highest BCUT2D eigenvalue weighted by atomic mass is 79.9. The molecule has 1 aliphatic heterocycles. The number of hydrogen-bond acceptors (Lipinski definition) is 3. The Hall–Kier alpha value is -1.07. The topological polar surface area (TPSA) is 49.8 Å². The average Bonchev–Trinajstić information content (AvgIpc) is 2.81. The van der Waals surface area contributed by atoms with Crippen molar-refractivity contribution in [2.24, 2.45) is 5.41 Å². The smallest absolute Gasteiger partial charge is 0.257 e. The van der Waals surface area contributed by atoms with Gasteiger partial charge in [-0.3, -0.25) is 4.79 Å². The van der Waals surface area contributed by atoms with E-state index in [9.17, 15) is 9.90 Å². The summed E-state index contributed by atoms with van der Waals surface area (Å²) < 4.78 is 6.64. The molecule has 0 aliphatic carbocycles. The summed E-state index contributed by atoms with van der Waals surface area (Å²) in [5, 5.41) is 9.44. The fraction of sp³-hybridized carbons (Fsp3) is 0.562. The van der Waals surface area contributed by atoms with Gasteiger partial charge in [0.05, 0.1) is 18.3 Å². The first-order valence-electron chi connectivity index (χ1n) is 7.21. The number of likely N-dealkylation sites (tertiary alicyclic amines) is 1. The number of carbonyl (C=O) groups excluding carboxylic acids is 1. The molecule has 1 atom stereocenters. The summed E-state index contributed by atoms with van der Waals surface area (Å²) in [5.41, 5.74) is 0.387. The molecule has 0 aromatic heterocycles. The third-order valence-electron chi connectivity index (χ3n) is 3.76. The fourth-order valence-electron chi connectivity index (χ4n) is 2.52. The standard InChI is InChI=1S/C16H22BrNO3/c1-11(2)21-14-8-12(17)4-5-13(14)15(20)18-7-6-16(3,9-18)10-19/h4-5,8,11,19H,6-7,9-10H2,1-3H3. The van der Waals surface area contributed by atoms with Gasteiger partial charge in [-0.25, -0.2) is 0 Å². The summed E-state index contributed by atoms with van der Waals surface area (Å²) in [6.45, 7) is 7.24. The van der Waals surface area contributed by atoms with Crippen LogP contribution in [0, 0.1) is 5.41 Å². The van der Waals surface area contributed by atoms with Gasteiger partial charge in [0.25, 0.3) is 5.91 Å². The van der Waals surface area contributed by atoms with Crippen molar-refractivity contribution in [3.63, 3.8) is 0 Å². The van der Waals surface area contributed by atoms with Gasteiger partial charge < -0.3 is 14.7 Å². The number of amides is 1. The van der Waals surface area contributed by atoms with Crippen LogP contribution in [0.2, 0.25) is 0 Å². The second kappa shape index (κ2) is 6.36. The predicted molar refractivity (Wildman–Crippen MR) is 85.6 cm³/mol. The third-order valence-corrected chi connectivity index (χ3v) is 4.26. The monoisotopic (exact) mass is 355 g/mol. The third kappa shape index (κ3) is 3.77. The van der Waals surface area contributed by atoms with Crippen LogP contribution in [0.25, 0.3) is 0 Å². The molecular weight excluding hydrogens is 334 g/mol. The molecule has 116 valence electrons. The Morgan fingerprint density at radius 2 is 2.24 bits per heavy atom. The highest BCUT2D eigenvalue weighted by molar-refractivity contribution is 9.10. The van der Waals surface area contributed by atoms with E-state index in [1.54, 1.807) is 11.0 Å². The minimum atomic E-state index is -0.190. The molecule has 1 heterocycles. The van der Waals surface area contributed by atoms with Gasteiger partial charge in [-0.15, -0.1) is 0 Å². The summed E-state index contributed by atoms with van der Waals surface area (Å²) in [5.74, 6) is 0.567. The first kappa shape index (κ1) is 16.3. The van der Waals surface area contributed by atoms with Gasteiger partial charge in [0.15, 0.2) is 0 Å². The number of ether oxygens (including phenoxy) is 1. The van der Waals surface area contributed by atoms with Crippen LogP contribution in [0.3, 0.4) is 0 Å². The minimum Gasteiger partial charge on any atom is -0.490 e. The Bertz CT molecular complexity index is 532. The molecule has 5 heteroatoms. The molecule has 0 saturated carbocycles. The van der Waals surface area contributed by atoms with Crippen LogP contribution >= 0.6 is 15.9 Å². The van der Waals surface area contributed by atoms with Gasteiger partial charge in [0.1, 0.15) is 5.75 Å². The van der Waals surface area contributed by atoms with Crippen LogP contribution in [-0.2, 0) is 0 Å². The van der Waals surface area contributed by atoms with Crippen LogP contribution in [0.15, 0.2) is 22.7 Å². The van der Waals surface area contributed by atoms with Gasteiger partial charge in [0.2, 0.25) is 0 Å².